The fourth-order valence-electron chi connectivity index (χ4n) is 3.03. The molecule has 6 heteroatoms. The summed E-state index contributed by atoms with van der Waals surface area (Å²) in [5.74, 6) is 0.343. The highest BCUT2D eigenvalue weighted by atomic mass is 32.2. The Kier molecular flexibility index (Phi) is 5.81. The predicted octanol–water partition coefficient (Wildman–Crippen LogP) is 1.78. The van der Waals surface area contributed by atoms with E-state index in [1.54, 1.807) is 0 Å². The molecular weight excluding hydrogens is 286 g/mol. The maximum absolute atomic E-state index is 12.4. The van der Waals surface area contributed by atoms with Gasteiger partial charge in [-0.05, 0) is 44.7 Å². The number of hydrogen-bond donors (Lipinski definition) is 1. The highest BCUT2D eigenvalue weighted by Gasteiger charge is 2.35. The first-order chi connectivity index (χ1) is 10.1. The van der Waals surface area contributed by atoms with Crippen LogP contribution in [0.15, 0.2) is 12.4 Å². The summed E-state index contributed by atoms with van der Waals surface area (Å²) in [5.41, 5.74) is 1.12. The Hall–Kier alpha value is -0.880. The summed E-state index contributed by atoms with van der Waals surface area (Å²) < 4.78 is 26.6. The molecule has 0 spiro atoms. The molecule has 2 unspecified atom stereocenters. The molecule has 2 rings (SSSR count). The lowest BCUT2D eigenvalue weighted by molar-refractivity contribution is 0.433. The quantitative estimate of drug-likeness (QED) is 0.833. The summed E-state index contributed by atoms with van der Waals surface area (Å²) in [7, 11) is -2.96. The van der Waals surface area contributed by atoms with E-state index in [2.05, 4.69) is 24.3 Å². The molecule has 5 nitrogen and oxygen atoms in total. The Balaban J connectivity index is 2.13. The minimum absolute atomic E-state index is 0.00440. The van der Waals surface area contributed by atoms with Gasteiger partial charge in [0.25, 0.3) is 0 Å². The van der Waals surface area contributed by atoms with E-state index in [0.717, 1.165) is 50.8 Å². The van der Waals surface area contributed by atoms with Crippen molar-refractivity contribution < 1.29 is 8.42 Å². The zero-order chi connectivity index (χ0) is 15.3. The number of sulfone groups is 1. The highest BCUT2D eigenvalue weighted by molar-refractivity contribution is 7.92. The van der Waals surface area contributed by atoms with Crippen LogP contribution in [0.1, 0.15) is 45.1 Å². The van der Waals surface area contributed by atoms with Gasteiger partial charge >= 0.3 is 0 Å². The summed E-state index contributed by atoms with van der Waals surface area (Å²) in [6, 6.07) is 0.00440. The SMILES string of the molecule is CCCNC(Cc1cnn(CC)c1)C1CCCCS1(=O)=O. The maximum Gasteiger partial charge on any atom is 0.154 e. The van der Waals surface area contributed by atoms with Crippen molar-refractivity contribution in [2.24, 2.45) is 0 Å². The zero-order valence-corrected chi connectivity index (χ0v) is 13.9. The second kappa shape index (κ2) is 7.40. The topological polar surface area (TPSA) is 64.0 Å². The minimum atomic E-state index is -2.96. The molecule has 1 aliphatic heterocycles. The minimum Gasteiger partial charge on any atom is -0.312 e. The smallest absolute Gasteiger partial charge is 0.154 e. The van der Waals surface area contributed by atoms with Gasteiger partial charge in [-0.1, -0.05) is 13.3 Å². The van der Waals surface area contributed by atoms with E-state index in [4.69, 9.17) is 0 Å². The van der Waals surface area contributed by atoms with E-state index < -0.39 is 9.84 Å². The van der Waals surface area contributed by atoms with Gasteiger partial charge in [-0.2, -0.15) is 5.10 Å². The van der Waals surface area contributed by atoms with Crippen LogP contribution in [0.3, 0.4) is 0 Å². The van der Waals surface area contributed by atoms with Crippen molar-refractivity contribution in [1.29, 1.82) is 0 Å². The molecule has 2 heterocycles. The molecule has 0 amide bonds. The van der Waals surface area contributed by atoms with E-state index in [1.165, 1.54) is 0 Å². The third kappa shape index (κ3) is 4.30. The average molecular weight is 313 g/mol. The summed E-state index contributed by atoms with van der Waals surface area (Å²) >= 11 is 0. The normalized spacial score (nSPS) is 23.0. The second-order valence-corrected chi connectivity index (χ2v) is 8.21. The Bertz CT molecular complexity index is 539. The standard InChI is InChI=1S/C15H27N3O2S/c1-3-8-16-14(10-13-11-17-18(4-2)12-13)15-7-5-6-9-21(15,19)20/h11-12,14-16H,3-10H2,1-2H3. The molecule has 1 saturated heterocycles. The third-order valence-corrected chi connectivity index (χ3v) is 6.54. The average Bonchev–Trinajstić information content (AvgIpc) is 2.91. The van der Waals surface area contributed by atoms with Crippen molar-refractivity contribution in [3.63, 3.8) is 0 Å². The van der Waals surface area contributed by atoms with Gasteiger partial charge in [-0.25, -0.2) is 8.42 Å². The monoisotopic (exact) mass is 313 g/mol. The molecule has 2 atom stereocenters. The Morgan fingerprint density at radius 3 is 2.86 bits per heavy atom. The molecular formula is C15H27N3O2S. The molecule has 1 aromatic heterocycles. The van der Waals surface area contributed by atoms with Gasteiger partial charge in [-0.3, -0.25) is 4.68 Å². The Labute approximate surface area is 128 Å². The number of aromatic nitrogens is 2. The van der Waals surface area contributed by atoms with E-state index in [9.17, 15) is 8.42 Å². The predicted molar refractivity (Wildman–Crippen MR) is 85.1 cm³/mol. The molecule has 1 aliphatic rings. The fourth-order valence-corrected chi connectivity index (χ4v) is 5.16. The molecule has 0 radical (unpaired) electrons. The van der Waals surface area contributed by atoms with Crippen LogP contribution in [0.4, 0.5) is 0 Å². The van der Waals surface area contributed by atoms with Crippen molar-refractivity contribution in [1.82, 2.24) is 15.1 Å². The number of nitrogens with zero attached hydrogens (tertiary/aromatic N) is 2. The lowest BCUT2D eigenvalue weighted by atomic mass is 10.0. The number of nitrogens with one attached hydrogen (secondary N) is 1. The van der Waals surface area contributed by atoms with E-state index in [1.807, 2.05) is 17.1 Å². The van der Waals surface area contributed by atoms with Crippen LogP contribution in [0.5, 0.6) is 0 Å². The summed E-state index contributed by atoms with van der Waals surface area (Å²) in [5, 5.41) is 7.50. The van der Waals surface area contributed by atoms with E-state index >= 15 is 0 Å². The van der Waals surface area contributed by atoms with Crippen LogP contribution in [0.25, 0.3) is 0 Å². The summed E-state index contributed by atoms with van der Waals surface area (Å²) in [4.78, 5) is 0. The maximum atomic E-state index is 12.4. The molecule has 120 valence electrons. The fraction of sp³-hybridized carbons (Fsp3) is 0.800. The summed E-state index contributed by atoms with van der Waals surface area (Å²) in [6.45, 7) is 5.86. The first-order valence-electron chi connectivity index (χ1n) is 8.03. The zero-order valence-electron chi connectivity index (χ0n) is 13.1. The number of aryl methyl sites for hydroxylation is 1. The van der Waals surface area contributed by atoms with Crippen LogP contribution in [0.2, 0.25) is 0 Å². The number of rotatable bonds is 7. The molecule has 0 bridgehead atoms. The van der Waals surface area contributed by atoms with Gasteiger partial charge in [-0.15, -0.1) is 0 Å². The lowest BCUT2D eigenvalue weighted by Gasteiger charge is -2.30. The van der Waals surface area contributed by atoms with Gasteiger partial charge in [0, 0.05) is 18.8 Å². The van der Waals surface area contributed by atoms with Crippen molar-refractivity contribution in [2.45, 2.75) is 63.8 Å². The largest absolute Gasteiger partial charge is 0.312 e. The van der Waals surface area contributed by atoms with Gasteiger partial charge in [0.1, 0.15) is 0 Å². The van der Waals surface area contributed by atoms with Crippen LogP contribution in [0, 0.1) is 0 Å². The second-order valence-electron chi connectivity index (χ2n) is 5.87. The molecule has 1 N–H and O–H groups in total. The van der Waals surface area contributed by atoms with Crippen LogP contribution >= 0.6 is 0 Å². The van der Waals surface area contributed by atoms with Crippen molar-refractivity contribution >= 4 is 9.84 Å². The first-order valence-corrected chi connectivity index (χ1v) is 9.74. The van der Waals surface area contributed by atoms with Crippen molar-refractivity contribution in [3.8, 4) is 0 Å². The Morgan fingerprint density at radius 2 is 2.24 bits per heavy atom. The van der Waals surface area contributed by atoms with E-state index in [-0.39, 0.29) is 11.3 Å². The molecule has 0 aromatic carbocycles. The van der Waals surface area contributed by atoms with Gasteiger partial charge in [0.15, 0.2) is 9.84 Å². The van der Waals surface area contributed by atoms with Gasteiger partial charge < -0.3 is 5.32 Å². The van der Waals surface area contributed by atoms with Gasteiger partial charge in [0.05, 0.1) is 17.2 Å². The first kappa shape index (κ1) is 16.5. The van der Waals surface area contributed by atoms with Crippen molar-refractivity contribution in [2.75, 3.05) is 12.3 Å². The van der Waals surface area contributed by atoms with Crippen LogP contribution < -0.4 is 5.32 Å². The molecule has 1 fully saturated rings. The highest BCUT2D eigenvalue weighted by Crippen LogP contribution is 2.24. The molecule has 1 aromatic rings. The summed E-state index contributed by atoms with van der Waals surface area (Å²) in [6.07, 6.45) is 8.25. The van der Waals surface area contributed by atoms with Gasteiger partial charge in [0.2, 0.25) is 0 Å². The molecule has 0 saturated carbocycles. The van der Waals surface area contributed by atoms with E-state index in [0.29, 0.717) is 5.75 Å². The van der Waals surface area contributed by atoms with Crippen LogP contribution in [-0.2, 0) is 22.8 Å². The Morgan fingerprint density at radius 1 is 1.43 bits per heavy atom. The number of hydrogen-bond acceptors (Lipinski definition) is 4. The third-order valence-electron chi connectivity index (χ3n) is 4.20. The molecule has 0 aliphatic carbocycles. The lowest BCUT2D eigenvalue weighted by Crippen LogP contribution is -2.48. The molecule has 21 heavy (non-hydrogen) atoms. The van der Waals surface area contributed by atoms with Crippen LogP contribution in [-0.4, -0.2) is 41.8 Å². The van der Waals surface area contributed by atoms with Crippen molar-refractivity contribution in [3.05, 3.63) is 18.0 Å².